The van der Waals surface area contributed by atoms with Crippen LogP contribution in [-0.2, 0) is 40.1 Å². The minimum absolute atomic E-state index is 0. The number of aliphatic carboxylic acids is 2. The predicted molar refractivity (Wildman–Crippen MR) is 97.2 cm³/mol. The molecule has 7 atom stereocenters. The SMILES string of the molecule is N[C@@H]1CCCC[C@H]1N.O=C([O-])C(F)(CCCOC1O[C@H](CO)[C@@H](O)[C@H](O)[C@@H]1O)C(=O)[O-].[Pt+2]. The first-order chi connectivity index (χ1) is 14.5. The molecule has 0 bridgehead atoms. The predicted octanol–water partition coefficient (Wildman–Crippen LogP) is -5.00. The largest absolute Gasteiger partial charge is 2.00 e. The van der Waals surface area contributed by atoms with E-state index in [1.54, 1.807) is 0 Å². The number of aliphatic hydroxyl groups excluding tert-OH is 4. The van der Waals surface area contributed by atoms with Crippen LogP contribution < -0.4 is 21.7 Å². The molecule has 1 unspecified atom stereocenters. The molecule has 1 saturated heterocycles. The number of hydrogen-bond acceptors (Lipinski definition) is 12. The zero-order valence-corrected chi connectivity index (χ0v) is 19.6. The van der Waals surface area contributed by atoms with Gasteiger partial charge in [-0.15, -0.1) is 0 Å². The van der Waals surface area contributed by atoms with E-state index in [0.29, 0.717) is 0 Å². The summed E-state index contributed by atoms with van der Waals surface area (Å²) in [6.07, 6.45) is -4.22. The summed E-state index contributed by atoms with van der Waals surface area (Å²) in [6, 6.07) is 0.562. The Balaban J connectivity index is 0.000000896. The molecule has 2 aliphatic rings. The summed E-state index contributed by atoms with van der Waals surface area (Å²) in [7, 11) is 0. The van der Waals surface area contributed by atoms with Crippen molar-refractivity contribution in [3.05, 3.63) is 0 Å². The second-order valence-electron chi connectivity index (χ2n) is 7.66. The standard InChI is InChI=1S/C12H19FO10.C6H14N2.Pt/c13-12(10(18)19,11(20)21)2-1-3-22-9-8(17)7(16)6(15)5(4-14)23-9;7-5-3-1-2-4-6(5)8;/h5-9,14-17H,1-4H2,(H,18,19)(H,20,21);5-6H,1-4,7-8H2;/q;;+2/p-2/t5-,6-,7+,8+,9?;5-,6-;/m11./s1. The van der Waals surface area contributed by atoms with Crippen LogP contribution in [0.3, 0.4) is 0 Å². The molecule has 2 rings (SSSR count). The fourth-order valence-electron chi connectivity index (χ4n) is 3.20. The molecule has 1 saturated carbocycles. The number of carbonyl (C=O) groups excluding carboxylic acids is 2. The fraction of sp³-hybridized carbons (Fsp3) is 0.889. The third-order valence-corrected chi connectivity index (χ3v) is 5.32. The molecule has 32 heavy (non-hydrogen) atoms. The molecular formula is C18H31FN2O10Pt. The number of carbonyl (C=O) groups is 2. The van der Waals surface area contributed by atoms with Crippen LogP contribution in [0.4, 0.5) is 4.39 Å². The number of rotatable bonds is 8. The number of carboxylic acids is 2. The molecule has 1 aliphatic heterocycles. The molecule has 0 aromatic carbocycles. The Morgan fingerprint density at radius 3 is 1.94 bits per heavy atom. The summed E-state index contributed by atoms with van der Waals surface area (Å²) in [5, 5.41) is 58.6. The van der Waals surface area contributed by atoms with Gasteiger partial charge < -0.3 is 61.2 Å². The number of nitrogens with two attached hydrogens (primary N) is 2. The van der Waals surface area contributed by atoms with Crippen LogP contribution in [0.2, 0.25) is 0 Å². The number of aliphatic hydroxyl groups is 4. The van der Waals surface area contributed by atoms with Gasteiger partial charge in [0.25, 0.3) is 0 Å². The summed E-state index contributed by atoms with van der Waals surface area (Å²) in [4.78, 5) is 20.9. The molecule has 2 fully saturated rings. The van der Waals surface area contributed by atoms with Gasteiger partial charge in [-0.05, 0) is 25.7 Å². The summed E-state index contributed by atoms with van der Waals surface area (Å²) < 4.78 is 23.5. The smallest absolute Gasteiger partial charge is 0.546 e. The summed E-state index contributed by atoms with van der Waals surface area (Å²) >= 11 is 0. The molecule has 1 heterocycles. The number of halogens is 1. The maximum Gasteiger partial charge on any atom is 2.00 e. The number of carboxylic acid groups (broad SMARTS) is 2. The van der Waals surface area contributed by atoms with Crippen LogP contribution in [0.1, 0.15) is 38.5 Å². The maximum absolute atomic E-state index is 13.5. The van der Waals surface area contributed by atoms with E-state index in [1.165, 1.54) is 12.8 Å². The molecule has 190 valence electrons. The molecular weight excluding hydrogens is 618 g/mol. The third kappa shape index (κ3) is 8.54. The van der Waals surface area contributed by atoms with Crippen molar-refractivity contribution in [3.8, 4) is 0 Å². The van der Waals surface area contributed by atoms with E-state index >= 15 is 0 Å². The van der Waals surface area contributed by atoms with Gasteiger partial charge in [-0.1, -0.05) is 12.8 Å². The van der Waals surface area contributed by atoms with E-state index in [2.05, 4.69) is 0 Å². The first-order valence-corrected chi connectivity index (χ1v) is 10.0. The first kappa shape index (κ1) is 31.2. The second kappa shape index (κ2) is 14.5. The van der Waals surface area contributed by atoms with Gasteiger partial charge in [-0.2, -0.15) is 0 Å². The van der Waals surface area contributed by atoms with E-state index < -0.39 is 74.4 Å². The van der Waals surface area contributed by atoms with Gasteiger partial charge in [-0.25, -0.2) is 4.39 Å². The summed E-state index contributed by atoms with van der Waals surface area (Å²) in [5.41, 5.74) is 7.62. The van der Waals surface area contributed by atoms with Gasteiger partial charge in [0.2, 0.25) is 0 Å². The number of alkyl halides is 1. The van der Waals surface area contributed by atoms with Crippen molar-refractivity contribution in [2.45, 2.75) is 87.0 Å². The van der Waals surface area contributed by atoms with Crippen molar-refractivity contribution in [1.82, 2.24) is 0 Å². The molecule has 0 aromatic heterocycles. The maximum atomic E-state index is 13.5. The molecule has 14 heteroatoms. The molecule has 0 amide bonds. The van der Waals surface area contributed by atoms with E-state index in [4.69, 9.17) is 26.0 Å². The van der Waals surface area contributed by atoms with Crippen molar-refractivity contribution < 1.29 is 75.2 Å². The molecule has 1 aliphatic carbocycles. The minimum Gasteiger partial charge on any atom is -0.546 e. The van der Waals surface area contributed by atoms with Gasteiger partial charge in [0.1, 0.15) is 24.4 Å². The minimum atomic E-state index is -3.68. The number of hydrogen-bond donors (Lipinski definition) is 6. The first-order valence-electron chi connectivity index (χ1n) is 10.0. The van der Waals surface area contributed by atoms with Crippen LogP contribution in [0, 0.1) is 0 Å². The Hall–Kier alpha value is -0.762. The molecule has 0 radical (unpaired) electrons. The second-order valence-corrected chi connectivity index (χ2v) is 7.66. The average molecular weight is 650 g/mol. The Kier molecular flexibility index (Phi) is 14.1. The van der Waals surface area contributed by atoms with Crippen molar-refractivity contribution in [1.29, 1.82) is 0 Å². The Labute approximate surface area is 198 Å². The zero-order chi connectivity index (χ0) is 23.8. The zero-order valence-electron chi connectivity index (χ0n) is 17.3. The van der Waals surface area contributed by atoms with Crippen LogP contribution in [0.5, 0.6) is 0 Å². The Morgan fingerprint density at radius 2 is 1.53 bits per heavy atom. The van der Waals surface area contributed by atoms with Crippen LogP contribution >= 0.6 is 0 Å². The van der Waals surface area contributed by atoms with Crippen molar-refractivity contribution >= 4 is 11.9 Å². The van der Waals surface area contributed by atoms with Crippen LogP contribution in [0.15, 0.2) is 0 Å². The quantitative estimate of drug-likeness (QED) is 0.107. The molecule has 0 spiro atoms. The van der Waals surface area contributed by atoms with Gasteiger partial charge in [0, 0.05) is 12.1 Å². The molecule has 12 nitrogen and oxygen atoms in total. The summed E-state index contributed by atoms with van der Waals surface area (Å²) in [5.74, 6) is -4.91. The molecule has 0 aromatic rings. The van der Waals surface area contributed by atoms with Crippen LogP contribution in [0.25, 0.3) is 0 Å². The Bertz CT molecular complexity index is 564. The van der Waals surface area contributed by atoms with E-state index in [0.717, 1.165) is 12.8 Å². The van der Waals surface area contributed by atoms with Crippen molar-refractivity contribution in [3.63, 3.8) is 0 Å². The van der Waals surface area contributed by atoms with Gasteiger partial charge in [0.15, 0.2) is 12.0 Å². The van der Waals surface area contributed by atoms with Crippen molar-refractivity contribution in [2.75, 3.05) is 13.2 Å². The summed E-state index contributed by atoms with van der Waals surface area (Å²) in [6.45, 7) is -1.11. The van der Waals surface area contributed by atoms with E-state index in [9.17, 15) is 39.5 Å². The van der Waals surface area contributed by atoms with Gasteiger partial charge in [-0.3, -0.25) is 0 Å². The van der Waals surface area contributed by atoms with Crippen molar-refractivity contribution in [2.24, 2.45) is 11.5 Å². The van der Waals surface area contributed by atoms with E-state index in [-0.39, 0.29) is 33.1 Å². The molecule has 8 N–H and O–H groups in total. The van der Waals surface area contributed by atoms with Crippen LogP contribution in [-0.4, -0.2) is 94.0 Å². The monoisotopic (exact) mass is 649 g/mol. The number of ether oxygens (including phenoxy) is 2. The Morgan fingerprint density at radius 1 is 1.03 bits per heavy atom. The normalized spacial score (nSPS) is 32.8. The fourth-order valence-corrected chi connectivity index (χ4v) is 3.20. The van der Waals surface area contributed by atoms with Gasteiger partial charge in [0.05, 0.1) is 25.2 Å². The third-order valence-electron chi connectivity index (χ3n) is 5.32. The topological polar surface area (TPSA) is 232 Å². The van der Waals surface area contributed by atoms with E-state index in [1.807, 2.05) is 0 Å². The average Bonchev–Trinajstić information content (AvgIpc) is 2.73. The van der Waals surface area contributed by atoms with Gasteiger partial charge >= 0.3 is 21.1 Å².